The molecular weight excluding hydrogens is 426 g/mol. The van der Waals surface area contributed by atoms with Crippen molar-refractivity contribution >= 4 is 34.4 Å². The molecule has 2 aromatic heterocycles. The van der Waals surface area contributed by atoms with Crippen LogP contribution in [0.2, 0.25) is 0 Å². The number of benzene rings is 1. The monoisotopic (exact) mass is 453 g/mol. The average molecular weight is 454 g/mol. The molecule has 8 heteroatoms. The SMILES string of the molecule is CC1COCCN1c1nc(N2CCOCC2C)c2ccc(-c3ccc(CCl)cc3)nc2n1. The topological polar surface area (TPSA) is 63.6 Å². The predicted octanol–water partition coefficient (Wildman–Crippen LogP) is 3.88. The first-order valence-electron chi connectivity index (χ1n) is 11.2. The van der Waals surface area contributed by atoms with Crippen LogP contribution in [-0.4, -0.2) is 66.6 Å². The number of morpholine rings is 2. The van der Waals surface area contributed by atoms with Crippen LogP contribution in [0.3, 0.4) is 0 Å². The van der Waals surface area contributed by atoms with Gasteiger partial charge < -0.3 is 19.3 Å². The smallest absolute Gasteiger partial charge is 0.229 e. The minimum absolute atomic E-state index is 0.211. The van der Waals surface area contributed by atoms with E-state index in [0.29, 0.717) is 43.9 Å². The molecule has 2 aliphatic rings. The van der Waals surface area contributed by atoms with Crippen molar-refractivity contribution in [2.24, 2.45) is 0 Å². The maximum atomic E-state index is 5.95. The van der Waals surface area contributed by atoms with Gasteiger partial charge >= 0.3 is 0 Å². The number of alkyl halides is 1. The van der Waals surface area contributed by atoms with Gasteiger partial charge in [0, 0.05) is 24.5 Å². The maximum Gasteiger partial charge on any atom is 0.229 e. The van der Waals surface area contributed by atoms with Gasteiger partial charge in [0.2, 0.25) is 5.95 Å². The van der Waals surface area contributed by atoms with Crippen molar-refractivity contribution in [1.82, 2.24) is 15.0 Å². The summed E-state index contributed by atoms with van der Waals surface area (Å²) in [6, 6.07) is 12.8. The summed E-state index contributed by atoms with van der Waals surface area (Å²) in [6.45, 7) is 8.61. The first-order chi connectivity index (χ1) is 15.6. The second-order valence-electron chi connectivity index (χ2n) is 8.48. The lowest BCUT2D eigenvalue weighted by Crippen LogP contribution is -2.46. The summed E-state index contributed by atoms with van der Waals surface area (Å²) in [7, 11) is 0. The van der Waals surface area contributed by atoms with Gasteiger partial charge in [-0.1, -0.05) is 24.3 Å². The van der Waals surface area contributed by atoms with Crippen LogP contribution in [0.1, 0.15) is 19.4 Å². The van der Waals surface area contributed by atoms with E-state index < -0.39 is 0 Å². The highest BCUT2D eigenvalue weighted by molar-refractivity contribution is 6.17. The zero-order valence-corrected chi connectivity index (χ0v) is 19.3. The molecule has 0 bridgehead atoms. The molecule has 0 amide bonds. The molecule has 2 fully saturated rings. The molecule has 0 saturated carbocycles. The van der Waals surface area contributed by atoms with Gasteiger partial charge in [-0.25, -0.2) is 4.98 Å². The number of rotatable bonds is 4. The van der Waals surface area contributed by atoms with Gasteiger partial charge in [0.05, 0.1) is 49.6 Å². The van der Waals surface area contributed by atoms with E-state index in [2.05, 4.69) is 41.8 Å². The zero-order valence-electron chi connectivity index (χ0n) is 18.5. The van der Waals surface area contributed by atoms with Crippen LogP contribution in [0.4, 0.5) is 11.8 Å². The van der Waals surface area contributed by atoms with E-state index in [-0.39, 0.29) is 12.1 Å². The highest BCUT2D eigenvalue weighted by Crippen LogP contribution is 2.31. The Balaban J connectivity index is 1.63. The van der Waals surface area contributed by atoms with E-state index in [1.54, 1.807) is 0 Å². The van der Waals surface area contributed by atoms with Crippen molar-refractivity contribution in [2.75, 3.05) is 49.3 Å². The molecule has 168 valence electrons. The first kappa shape index (κ1) is 21.4. The Bertz CT molecular complexity index is 1090. The van der Waals surface area contributed by atoms with Crippen molar-refractivity contribution in [3.8, 4) is 11.3 Å². The zero-order chi connectivity index (χ0) is 22.1. The third-order valence-corrected chi connectivity index (χ3v) is 6.50. The molecule has 0 N–H and O–H groups in total. The second kappa shape index (κ2) is 9.17. The summed E-state index contributed by atoms with van der Waals surface area (Å²) < 4.78 is 11.3. The van der Waals surface area contributed by atoms with Crippen LogP contribution < -0.4 is 9.80 Å². The molecule has 4 heterocycles. The molecule has 0 aliphatic carbocycles. The van der Waals surface area contributed by atoms with E-state index in [4.69, 9.17) is 36.0 Å². The number of pyridine rings is 1. The standard InChI is InChI=1S/C24H28ClN5O2/c1-16-14-31-11-9-29(16)23-20-7-8-21(19-5-3-18(13-25)4-6-19)26-22(20)27-24(28-23)30-10-12-32-15-17(30)2/h3-8,16-17H,9-15H2,1-2H3. The van der Waals surface area contributed by atoms with Crippen LogP contribution in [0.5, 0.6) is 0 Å². The Labute approximate surface area is 193 Å². The molecule has 32 heavy (non-hydrogen) atoms. The fourth-order valence-corrected chi connectivity index (χ4v) is 4.50. The number of ether oxygens (including phenoxy) is 2. The van der Waals surface area contributed by atoms with Crippen LogP contribution >= 0.6 is 11.6 Å². The molecule has 1 aromatic carbocycles. The molecular formula is C24H28ClN5O2. The number of fused-ring (bicyclic) bond motifs is 1. The molecule has 5 rings (SSSR count). The van der Waals surface area contributed by atoms with Gasteiger partial charge in [0.15, 0.2) is 5.65 Å². The molecule has 0 radical (unpaired) electrons. The van der Waals surface area contributed by atoms with Crippen molar-refractivity contribution in [2.45, 2.75) is 31.8 Å². The Morgan fingerprint density at radius 3 is 2.22 bits per heavy atom. The first-order valence-corrected chi connectivity index (χ1v) is 11.7. The molecule has 7 nitrogen and oxygen atoms in total. The average Bonchev–Trinajstić information content (AvgIpc) is 2.84. The number of halogens is 1. The van der Waals surface area contributed by atoms with Crippen LogP contribution in [-0.2, 0) is 15.4 Å². The van der Waals surface area contributed by atoms with E-state index >= 15 is 0 Å². The fraction of sp³-hybridized carbons (Fsp3) is 0.458. The number of anilines is 2. The Kier molecular flexibility index (Phi) is 6.13. The fourth-order valence-electron chi connectivity index (χ4n) is 4.32. The van der Waals surface area contributed by atoms with Crippen molar-refractivity contribution < 1.29 is 9.47 Å². The van der Waals surface area contributed by atoms with Gasteiger partial charge in [-0.3, -0.25) is 0 Å². The molecule has 2 unspecified atom stereocenters. The minimum atomic E-state index is 0.211. The highest BCUT2D eigenvalue weighted by Gasteiger charge is 2.27. The Hall–Kier alpha value is -2.48. The van der Waals surface area contributed by atoms with Gasteiger partial charge in [-0.15, -0.1) is 11.6 Å². The lowest BCUT2D eigenvalue weighted by Gasteiger charge is -2.37. The lowest BCUT2D eigenvalue weighted by atomic mass is 10.1. The second-order valence-corrected chi connectivity index (χ2v) is 8.75. The summed E-state index contributed by atoms with van der Waals surface area (Å²) in [5.41, 5.74) is 3.73. The normalized spacial score (nSPS) is 21.8. The number of nitrogens with zero attached hydrogens (tertiary/aromatic N) is 5. The van der Waals surface area contributed by atoms with Gasteiger partial charge in [0.1, 0.15) is 5.82 Å². The van der Waals surface area contributed by atoms with Gasteiger partial charge in [-0.05, 0) is 31.5 Å². The van der Waals surface area contributed by atoms with E-state index in [0.717, 1.165) is 41.1 Å². The van der Waals surface area contributed by atoms with Gasteiger partial charge in [0.25, 0.3) is 0 Å². The summed E-state index contributed by atoms with van der Waals surface area (Å²) in [5, 5.41) is 0.963. The molecule has 3 aromatic rings. The van der Waals surface area contributed by atoms with Gasteiger partial charge in [-0.2, -0.15) is 9.97 Å². The quantitative estimate of drug-likeness (QED) is 0.555. The Morgan fingerprint density at radius 2 is 1.56 bits per heavy atom. The number of aromatic nitrogens is 3. The largest absolute Gasteiger partial charge is 0.377 e. The number of hydrogen-bond donors (Lipinski definition) is 0. The van der Waals surface area contributed by atoms with Crippen molar-refractivity contribution in [3.05, 3.63) is 42.0 Å². The third kappa shape index (κ3) is 4.12. The summed E-state index contributed by atoms with van der Waals surface area (Å²) in [6.07, 6.45) is 0. The van der Waals surface area contributed by atoms with Crippen LogP contribution in [0.15, 0.2) is 36.4 Å². The highest BCUT2D eigenvalue weighted by atomic mass is 35.5. The van der Waals surface area contributed by atoms with E-state index in [1.165, 1.54) is 0 Å². The maximum absolute atomic E-state index is 5.95. The van der Waals surface area contributed by atoms with E-state index in [1.807, 2.05) is 18.2 Å². The van der Waals surface area contributed by atoms with E-state index in [9.17, 15) is 0 Å². The predicted molar refractivity (Wildman–Crippen MR) is 128 cm³/mol. The number of hydrogen-bond acceptors (Lipinski definition) is 7. The third-order valence-electron chi connectivity index (χ3n) is 6.20. The lowest BCUT2D eigenvalue weighted by molar-refractivity contribution is 0.0973. The van der Waals surface area contributed by atoms with Crippen molar-refractivity contribution in [1.29, 1.82) is 0 Å². The molecule has 0 spiro atoms. The molecule has 2 saturated heterocycles. The minimum Gasteiger partial charge on any atom is -0.377 e. The summed E-state index contributed by atoms with van der Waals surface area (Å²) in [5.74, 6) is 2.14. The molecule has 2 aliphatic heterocycles. The summed E-state index contributed by atoms with van der Waals surface area (Å²) in [4.78, 5) is 19.5. The molecule has 2 atom stereocenters. The van der Waals surface area contributed by atoms with Crippen molar-refractivity contribution in [3.63, 3.8) is 0 Å². The van der Waals surface area contributed by atoms with Crippen LogP contribution in [0.25, 0.3) is 22.3 Å². The van der Waals surface area contributed by atoms with Crippen LogP contribution in [0, 0.1) is 0 Å². The summed E-state index contributed by atoms with van der Waals surface area (Å²) >= 11 is 5.95. The Morgan fingerprint density at radius 1 is 0.875 bits per heavy atom.